The summed E-state index contributed by atoms with van der Waals surface area (Å²) in [5.41, 5.74) is 4.77. The van der Waals surface area contributed by atoms with E-state index < -0.39 is 0 Å². The molecule has 22 heavy (non-hydrogen) atoms. The molecular formula is C18H21N3S. The van der Waals surface area contributed by atoms with Crippen molar-refractivity contribution in [3.05, 3.63) is 40.9 Å². The van der Waals surface area contributed by atoms with Crippen LogP contribution in [-0.4, -0.2) is 17.2 Å². The highest BCUT2D eigenvalue weighted by atomic mass is 32.1. The van der Waals surface area contributed by atoms with Gasteiger partial charge in [-0.1, -0.05) is 26.0 Å². The molecule has 0 saturated carbocycles. The molecule has 0 aliphatic heterocycles. The van der Waals surface area contributed by atoms with Gasteiger partial charge >= 0.3 is 0 Å². The first kappa shape index (κ1) is 14.9. The van der Waals surface area contributed by atoms with Crippen LogP contribution in [0.4, 0.5) is 5.69 Å². The summed E-state index contributed by atoms with van der Waals surface area (Å²) in [4.78, 5) is 2.72. The largest absolute Gasteiger partial charge is 0.388 e. The minimum Gasteiger partial charge on any atom is -0.388 e. The third-order valence-electron chi connectivity index (χ3n) is 3.80. The van der Waals surface area contributed by atoms with Gasteiger partial charge in [0.15, 0.2) is 0 Å². The first-order chi connectivity index (χ1) is 10.8. The van der Waals surface area contributed by atoms with Crippen LogP contribution in [0.5, 0.6) is 0 Å². The predicted octanol–water partition coefficient (Wildman–Crippen LogP) is 5.32. The molecule has 0 aliphatic carbocycles. The topological polar surface area (TPSA) is 40.7 Å². The third-order valence-corrected chi connectivity index (χ3v) is 5.13. The van der Waals surface area contributed by atoms with E-state index in [1.807, 2.05) is 24.6 Å². The van der Waals surface area contributed by atoms with Gasteiger partial charge < -0.3 is 5.32 Å². The lowest BCUT2D eigenvalue weighted by Crippen LogP contribution is -1.88. The zero-order valence-corrected chi connectivity index (χ0v) is 14.1. The normalized spacial score (nSPS) is 11.6. The number of hydrogen-bond donors (Lipinski definition) is 2. The van der Waals surface area contributed by atoms with E-state index in [4.69, 9.17) is 0 Å². The number of aromatic nitrogens is 2. The van der Waals surface area contributed by atoms with Crippen LogP contribution in [0.2, 0.25) is 0 Å². The zero-order chi connectivity index (χ0) is 15.5. The molecule has 0 aliphatic rings. The van der Waals surface area contributed by atoms with E-state index in [1.165, 1.54) is 20.9 Å². The Hall–Kier alpha value is -2.07. The number of H-pyrrole nitrogens is 1. The molecule has 114 valence electrons. The standard InChI is InChI=1S/C18H21N3S/c1-4-6-7-12-9-17(22-16(12)5-2)15-10-14(19-3)8-13-11-20-21-18(13)15/h6-11,19H,4-5H2,1-3H3,(H,20,21)/b7-6-. The Bertz CT molecular complexity index is 811. The smallest absolute Gasteiger partial charge is 0.0738 e. The Balaban J connectivity index is 2.16. The van der Waals surface area contributed by atoms with Gasteiger partial charge in [-0.2, -0.15) is 5.10 Å². The summed E-state index contributed by atoms with van der Waals surface area (Å²) in [6, 6.07) is 6.61. The van der Waals surface area contributed by atoms with Gasteiger partial charge in [0, 0.05) is 33.4 Å². The second-order valence-electron chi connectivity index (χ2n) is 5.26. The van der Waals surface area contributed by atoms with Crippen molar-refractivity contribution in [2.45, 2.75) is 26.7 Å². The molecule has 2 heterocycles. The number of hydrogen-bond acceptors (Lipinski definition) is 3. The molecule has 3 nitrogen and oxygen atoms in total. The molecular weight excluding hydrogens is 290 g/mol. The minimum atomic E-state index is 1.06. The summed E-state index contributed by atoms with van der Waals surface area (Å²) < 4.78 is 0. The Labute approximate surface area is 135 Å². The van der Waals surface area contributed by atoms with Crippen molar-refractivity contribution in [2.75, 3.05) is 12.4 Å². The Morgan fingerprint density at radius 1 is 1.27 bits per heavy atom. The second-order valence-corrected chi connectivity index (χ2v) is 6.40. The fourth-order valence-electron chi connectivity index (χ4n) is 2.63. The van der Waals surface area contributed by atoms with E-state index in [2.05, 4.69) is 59.7 Å². The number of benzene rings is 1. The van der Waals surface area contributed by atoms with Gasteiger partial charge in [0.25, 0.3) is 0 Å². The lowest BCUT2D eigenvalue weighted by molar-refractivity contribution is 1.12. The number of fused-ring (bicyclic) bond motifs is 1. The monoisotopic (exact) mass is 311 g/mol. The number of thiophene rings is 1. The molecule has 3 aromatic rings. The first-order valence-corrected chi connectivity index (χ1v) is 8.53. The fourth-order valence-corrected chi connectivity index (χ4v) is 3.75. The summed E-state index contributed by atoms with van der Waals surface area (Å²) in [7, 11) is 1.95. The van der Waals surface area contributed by atoms with Crippen molar-refractivity contribution >= 4 is 34.0 Å². The maximum Gasteiger partial charge on any atom is 0.0738 e. The molecule has 0 atom stereocenters. The zero-order valence-electron chi connectivity index (χ0n) is 13.2. The van der Waals surface area contributed by atoms with Gasteiger partial charge in [0.05, 0.1) is 11.7 Å². The van der Waals surface area contributed by atoms with E-state index in [9.17, 15) is 0 Å². The SMILES string of the molecule is CC/C=C\c1cc(-c2cc(NC)cc3cn[nH]c23)sc1CC. The summed E-state index contributed by atoms with van der Waals surface area (Å²) in [5, 5.41) is 11.7. The number of aromatic amines is 1. The van der Waals surface area contributed by atoms with E-state index in [-0.39, 0.29) is 0 Å². The van der Waals surface area contributed by atoms with Crippen LogP contribution >= 0.6 is 11.3 Å². The van der Waals surface area contributed by atoms with Crippen molar-refractivity contribution in [3.63, 3.8) is 0 Å². The summed E-state index contributed by atoms with van der Waals surface area (Å²) in [6.07, 6.45) is 8.47. The van der Waals surface area contributed by atoms with Crippen LogP contribution in [0.3, 0.4) is 0 Å². The minimum absolute atomic E-state index is 1.06. The lowest BCUT2D eigenvalue weighted by Gasteiger charge is -2.05. The molecule has 1 aromatic carbocycles. The molecule has 0 amide bonds. The average Bonchev–Trinajstić information content (AvgIpc) is 3.17. The van der Waals surface area contributed by atoms with Crippen molar-refractivity contribution in [3.8, 4) is 10.4 Å². The van der Waals surface area contributed by atoms with Crippen molar-refractivity contribution in [2.24, 2.45) is 0 Å². The number of rotatable bonds is 5. The van der Waals surface area contributed by atoms with Crippen LogP contribution in [-0.2, 0) is 6.42 Å². The molecule has 0 saturated heterocycles. The molecule has 0 radical (unpaired) electrons. The van der Waals surface area contributed by atoms with Crippen LogP contribution in [0, 0.1) is 0 Å². The van der Waals surface area contributed by atoms with Crippen LogP contribution in [0.25, 0.3) is 27.4 Å². The highest BCUT2D eigenvalue weighted by Gasteiger charge is 2.12. The molecule has 2 aromatic heterocycles. The third kappa shape index (κ3) is 2.66. The molecule has 3 rings (SSSR count). The van der Waals surface area contributed by atoms with Crippen LogP contribution < -0.4 is 5.32 Å². The number of nitrogens with one attached hydrogen (secondary N) is 2. The molecule has 2 N–H and O–H groups in total. The quantitative estimate of drug-likeness (QED) is 0.669. The fraction of sp³-hybridized carbons (Fsp3) is 0.278. The Morgan fingerprint density at radius 3 is 2.86 bits per heavy atom. The van der Waals surface area contributed by atoms with E-state index >= 15 is 0 Å². The Morgan fingerprint density at radius 2 is 2.14 bits per heavy atom. The van der Waals surface area contributed by atoms with Gasteiger partial charge in [0.1, 0.15) is 0 Å². The van der Waals surface area contributed by atoms with E-state index in [1.54, 1.807) is 0 Å². The number of allylic oxidation sites excluding steroid dienone is 1. The highest BCUT2D eigenvalue weighted by molar-refractivity contribution is 7.15. The van der Waals surface area contributed by atoms with Crippen LogP contribution in [0.1, 0.15) is 30.7 Å². The molecule has 4 heteroatoms. The maximum atomic E-state index is 4.20. The van der Waals surface area contributed by atoms with Gasteiger partial charge in [0.2, 0.25) is 0 Å². The van der Waals surface area contributed by atoms with E-state index in [0.717, 1.165) is 29.4 Å². The molecule has 0 fully saturated rings. The summed E-state index contributed by atoms with van der Waals surface area (Å²) in [5.74, 6) is 0. The average molecular weight is 311 g/mol. The van der Waals surface area contributed by atoms with Gasteiger partial charge in [-0.25, -0.2) is 0 Å². The molecule has 0 spiro atoms. The van der Waals surface area contributed by atoms with Crippen LogP contribution in [0.15, 0.2) is 30.5 Å². The Kier molecular flexibility index (Phi) is 4.29. The van der Waals surface area contributed by atoms with E-state index in [0.29, 0.717) is 0 Å². The molecule has 0 unspecified atom stereocenters. The first-order valence-electron chi connectivity index (χ1n) is 7.71. The van der Waals surface area contributed by atoms with Gasteiger partial charge in [-0.3, -0.25) is 5.10 Å². The van der Waals surface area contributed by atoms with Crippen molar-refractivity contribution in [1.82, 2.24) is 10.2 Å². The van der Waals surface area contributed by atoms with Gasteiger partial charge in [-0.15, -0.1) is 11.3 Å². The predicted molar refractivity (Wildman–Crippen MR) is 97.7 cm³/mol. The highest BCUT2D eigenvalue weighted by Crippen LogP contribution is 2.37. The van der Waals surface area contributed by atoms with Gasteiger partial charge in [-0.05, 0) is 36.6 Å². The summed E-state index contributed by atoms with van der Waals surface area (Å²) in [6.45, 7) is 4.38. The number of aryl methyl sites for hydroxylation is 1. The summed E-state index contributed by atoms with van der Waals surface area (Å²) >= 11 is 1.87. The molecule has 0 bridgehead atoms. The maximum absolute atomic E-state index is 4.20. The van der Waals surface area contributed by atoms with Crippen molar-refractivity contribution < 1.29 is 0 Å². The number of anilines is 1. The van der Waals surface area contributed by atoms with Crippen molar-refractivity contribution in [1.29, 1.82) is 0 Å². The number of nitrogens with zero attached hydrogens (tertiary/aromatic N) is 1. The lowest BCUT2D eigenvalue weighted by atomic mass is 10.1. The second kappa shape index (κ2) is 6.36.